The highest BCUT2D eigenvalue weighted by Gasteiger charge is 2.21. The minimum Gasteiger partial charge on any atom is -0.493 e. The van der Waals surface area contributed by atoms with Crippen molar-refractivity contribution in [3.63, 3.8) is 0 Å². The van der Waals surface area contributed by atoms with E-state index < -0.39 is 5.54 Å². The van der Waals surface area contributed by atoms with E-state index in [9.17, 15) is 4.79 Å². The summed E-state index contributed by atoms with van der Waals surface area (Å²) in [7, 11) is 1.58. The van der Waals surface area contributed by atoms with Crippen LogP contribution in [0.1, 0.15) is 26.0 Å². The van der Waals surface area contributed by atoms with Crippen LogP contribution in [-0.2, 0) is 4.79 Å². The van der Waals surface area contributed by atoms with Crippen molar-refractivity contribution in [3.8, 4) is 5.75 Å². The first-order valence-corrected chi connectivity index (χ1v) is 5.41. The Kier molecular flexibility index (Phi) is 3.93. The first-order valence-electron chi connectivity index (χ1n) is 5.41. The number of amides is 1. The van der Waals surface area contributed by atoms with Gasteiger partial charge in [0.25, 0.3) is 0 Å². The third kappa shape index (κ3) is 3.94. The molecule has 1 amide bonds. The molecular formula is C12H19N3O2. The lowest BCUT2D eigenvalue weighted by Crippen LogP contribution is -2.36. The topological polar surface area (TPSA) is 77.2 Å². The van der Waals surface area contributed by atoms with Crippen LogP contribution in [0.4, 0.5) is 5.69 Å². The van der Waals surface area contributed by atoms with Crippen LogP contribution in [0.5, 0.6) is 5.75 Å². The molecule has 17 heavy (non-hydrogen) atoms. The third-order valence-corrected chi connectivity index (χ3v) is 2.31. The predicted octanol–water partition coefficient (Wildman–Crippen LogP) is 1.46. The predicted molar refractivity (Wildman–Crippen MR) is 67.0 cm³/mol. The highest BCUT2D eigenvalue weighted by atomic mass is 16.5. The number of carbonyl (C=O) groups is 1. The standard InChI is InChI=1S/C12H19N3O2/c1-8-5-9(10(17-4)7-14-8)15-12(2,3)6-11(13)16/h5,7H,6H2,1-4H3,(H2,13,16)(H,14,15). The van der Waals surface area contributed by atoms with E-state index in [0.29, 0.717) is 5.75 Å². The summed E-state index contributed by atoms with van der Waals surface area (Å²) in [6, 6.07) is 1.88. The van der Waals surface area contributed by atoms with Crippen molar-refractivity contribution in [2.75, 3.05) is 12.4 Å². The summed E-state index contributed by atoms with van der Waals surface area (Å²) in [5, 5.41) is 3.24. The number of nitrogens with zero attached hydrogens (tertiary/aromatic N) is 1. The molecule has 5 nitrogen and oxygen atoms in total. The zero-order valence-electron chi connectivity index (χ0n) is 10.7. The Bertz CT molecular complexity index is 416. The highest BCUT2D eigenvalue weighted by Crippen LogP contribution is 2.27. The average Bonchev–Trinajstić information content (AvgIpc) is 2.14. The number of pyridine rings is 1. The van der Waals surface area contributed by atoms with Crippen molar-refractivity contribution in [3.05, 3.63) is 18.0 Å². The number of methoxy groups -OCH3 is 1. The summed E-state index contributed by atoms with van der Waals surface area (Å²) in [4.78, 5) is 15.1. The van der Waals surface area contributed by atoms with Crippen LogP contribution in [0.25, 0.3) is 0 Å². The lowest BCUT2D eigenvalue weighted by Gasteiger charge is -2.27. The number of ether oxygens (including phenoxy) is 1. The maximum absolute atomic E-state index is 11.0. The van der Waals surface area contributed by atoms with Crippen LogP contribution in [0.2, 0.25) is 0 Å². The summed E-state index contributed by atoms with van der Waals surface area (Å²) >= 11 is 0. The summed E-state index contributed by atoms with van der Waals surface area (Å²) in [5.74, 6) is 0.306. The largest absolute Gasteiger partial charge is 0.493 e. The molecule has 1 heterocycles. The van der Waals surface area contributed by atoms with Gasteiger partial charge in [0.15, 0.2) is 5.75 Å². The fourth-order valence-electron chi connectivity index (χ4n) is 1.65. The normalized spacial score (nSPS) is 11.1. The van der Waals surface area contributed by atoms with Crippen LogP contribution >= 0.6 is 0 Å². The minimum absolute atomic E-state index is 0.248. The summed E-state index contributed by atoms with van der Waals surface area (Å²) in [6.07, 6.45) is 1.90. The highest BCUT2D eigenvalue weighted by molar-refractivity contribution is 5.76. The van der Waals surface area contributed by atoms with Crippen molar-refractivity contribution in [1.29, 1.82) is 0 Å². The number of primary amides is 1. The van der Waals surface area contributed by atoms with Gasteiger partial charge in [0.1, 0.15) is 0 Å². The maximum Gasteiger partial charge on any atom is 0.219 e. The molecule has 0 aliphatic carbocycles. The fourth-order valence-corrected chi connectivity index (χ4v) is 1.65. The fraction of sp³-hybridized carbons (Fsp3) is 0.500. The van der Waals surface area contributed by atoms with E-state index in [-0.39, 0.29) is 12.3 Å². The van der Waals surface area contributed by atoms with Crippen molar-refractivity contribution in [2.24, 2.45) is 5.73 Å². The molecule has 0 aliphatic heterocycles. The molecule has 0 fully saturated rings. The van der Waals surface area contributed by atoms with Gasteiger partial charge in [0, 0.05) is 17.7 Å². The molecule has 1 rings (SSSR count). The van der Waals surface area contributed by atoms with Gasteiger partial charge in [-0.15, -0.1) is 0 Å². The second-order valence-electron chi connectivity index (χ2n) is 4.68. The minimum atomic E-state index is -0.424. The van der Waals surface area contributed by atoms with E-state index in [1.807, 2.05) is 26.8 Å². The first-order chi connectivity index (χ1) is 7.84. The molecule has 0 atom stereocenters. The van der Waals surface area contributed by atoms with Crippen molar-refractivity contribution in [2.45, 2.75) is 32.7 Å². The molecule has 0 spiro atoms. The molecule has 0 saturated heterocycles. The van der Waals surface area contributed by atoms with Crippen LogP contribution in [0, 0.1) is 6.92 Å². The Balaban J connectivity index is 2.93. The van der Waals surface area contributed by atoms with E-state index in [1.54, 1.807) is 13.3 Å². The van der Waals surface area contributed by atoms with Crippen molar-refractivity contribution >= 4 is 11.6 Å². The van der Waals surface area contributed by atoms with Gasteiger partial charge in [-0.05, 0) is 26.8 Å². The van der Waals surface area contributed by atoms with Gasteiger partial charge in [0.2, 0.25) is 5.91 Å². The number of nitrogens with one attached hydrogen (secondary N) is 1. The molecule has 1 aromatic rings. The van der Waals surface area contributed by atoms with Gasteiger partial charge in [-0.25, -0.2) is 0 Å². The summed E-state index contributed by atoms with van der Waals surface area (Å²) in [6.45, 7) is 5.71. The summed E-state index contributed by atoms with van der Waals surface area (Å²) in [5.41, 5.74) is 6.48. The molecule has 0 aliphatic rings. The number of aromatic nitrogens is 1. The van der Waals surface area contributed by atoms with Gasteiger partial charge in [-0.3, -0.25) is 9.78 Å². The molecule has 5 heteroatoms. The molecule has 0 aromatic carbocycles. The van der Waals surface area contributed by atoms with E-state index in [0.717, 1.165) is 11.4 Å². The first kappa shape index (κ1) is 13.3. The van der Waals surface area contributed by atoms with E-state index in [2.05, 4.69) is 10.3 Å². The quantitative estimate of drug-likeness (QED) is 0.812. The third-order valence-electron chi connectivity index (χ3n) is 2.31. The lowest BCUT2D eigenvalue weighted by molar-refractivity contribution is -0.118. The van der Waals surface area contributed by atoms with Crippen LogP contribution < -0.4 is 15.8 Å². The van der Waals surface area contributed by atoms with Gasteiger partial charge in [0.05, 0.1) is 19.0 Å². The Morgan fingerprint density at radius 1 is 1.59 bits per heavy atom. The van der Waals surface area contributed by atoms with Crippen LogP contribution in [0.3, 0.4) is 0 Å². The molecule has 3 N–H and O–H groups in total. The molecule has 0 radical (unpaired) electrons. The number of hydrogen-bond donors (Lipinski definition) is 2. The second-order valence-corrected chi connectivity index (χ2v) is 4.68. The zero-order valence-corrected chi connectivity index (χ0v) is 10.7. The van der Waals surface area contributed by atoms with Crippen LogP contribution in [-0.4, -0.2) is 23.5 Å². The molecule has 1 aromatic heterocycles. The van der Waals surface area contributed by atoms with E-state index in [4.69, 9.17) is 10.5 Å². The van der Waals surface area contributed by atoms with E-state index >= 15 is 0 Å². The maximum atomic E-state index is 11.0. The molecular weight excluding hydrogens is 218 g/mol. The Morgan fingerprint density at radius 3 is 2.76 bits per heavy atom. The molecule has 0 saturated carbocycles. The SMILES string of the molecule is COc1cnc(C)cc1NC(C)(C)CC(N)=O. The number of carbonyl (C=O) groups excluding carboxylic acids is 1. The van der Waals surface area contributed by atoms with Gasteiger partial charge in [-0.1, -0.05) is 0 Å². The van der Waals surface area contributed by atoms with Crippen LogP contribution in [0.15, 0.2) is 12.3 Å². The Labute approximate surface area is 101 Å². The number of hydrogen-bond acceptors (Lipinski definition) is 4. The van der Waals surface area contributed by atoms with Crippen molar-refractivity contribution < 1.29 is 9.53 Å². The molecule has 94 valence electrons. The summed E-state index contributed by atoms with van der Waals surface area (Å²) < 4.78 is 5.21. The monoisotopic (exact) mass is 237 g/mol. The number of aryl methyl sites for hydroxylation is 1. The lowest BCUT2D eigenvalue weighted by atomic mass is 10.00. The van der Waals surface area contributed by atoms with E-state index in [1.165, 1.54) is 0 Å². The van der Waals surface area contributed by atoms with Gasteiger partial charge < -0.3 is 15.8 Å². The molecule has 0 bridgehead atoms. The number of rotatable bonds is 5. The zero-order chi connectivity index (χ0) is 13.1. The van der Waals surface area contributed by atoms with Gasteiger partial charge in [-0.2, -0.15) is 0 Å². The Morgan fingerprint density at radius 2 is 2.24 bits per heavy atom. The molecule has 0 unspecified atom stereocenters. The second kappa shape index (κ2) is 5.03. The van der Waals surface area contributed by atoms with Gasteiger partial charge >= 0.3 is 0 Å². The number of anilines is 1. The van der Waals surface area contributed by atoms with Crippen molar-refractivity contribution in [1.82, 2.24) is 4.98 Å². The Hall–Kier alpha value is -1.78. The average molecular weight is 237 g/mol. The number of nitrogens with two attached hydrogens (primary N) is 1. The smallest absolute Gasteiger partial charge is 0.219 e.